The first-order chi connectivity index (χ1) is 6.66. The van der Waals surface area contributed by atoms with Crippen LogP contribution in [0.25, 0.3) is 11.3 Å². The molecule has 2 rings (SSSR count). The number of hydrogen-bond donors (Lipinski definition) is 1. The fraction of sp³-hybridized carbons (Fsp3) is 0. The Balaban J connectivity index is 2.49. The van der Waals surface area contributed by atoms with Crippen LogP contribution in [0, 0.1) is 0 Å². The Morgan fingerprint density at radius 1 is 1.14 bits per heavy atom. The van der Waals surface area contributed by atoms with E-state index in [-0.39, 0.29) is 0 Å². The molecule has 0 aliphatic heterocycles. The smallest absolute Gasteiger partial charge is 0.186 e. The monoisotopic (exact) mass is 244 g/mol. The average Bonchev–Trinajstić information content (AvgIpc) is 2.47. The first kappa shape index (κ1) is 9.77. The van der Waals surface area contributed by atoms with Crippen LogP contribution in [-0.4, -0.2) is 4.98 Å². The van der Waals surface area contributed by atoms with E-state index in [0.29, 0.717) is 14.5 Å². The molecule has 0 saturated carbocycles. The Morgan fingerprint density at radius 2 is 1.79 bits per heavy atom. The van der Waals surface area contributed by atoms with Crippen LogP contribution in [0.3, 0.4) is 0 Å². The Bertz CT molecular complexity index is 450. The van der Waals surface area contributed by atoms with Gasteiger partial charge in [0.25, 0.3) is 0 Å². The minimum atomic E-state index is 0.451. The molecule has 14 heavy (non-hydrogen) atoms. The second-order valence-electron chi connectivity index (χ2n) is 2.69. The van der Waals surface area contributed by atoms with Crippen molar-refractivity contribution in [3.05, 3.63) is 33.8 Å². The van der Waals surface area contributed by atoms with Crippen molar-refractivity contribution < 1.29 is 0 Å². The van der Waals surface area contributed by atoms with Gasteiger partial charge in [0, 0.05) is 10.6 Å². The number of rotatable bonds is 1. The number of halogens is 2. The molecular formula is C9H6Cl2N2S. The van der Waals surface area contributed by atoms with Crippen molar-refractivity contribution in [3.8, 4) is 11.3 Å². The van der Waals surface area contributed by atoms with Gasteiger partial charge < -0.3 is 5.73 Å². The summed E-state index contributed by atoms with van der Waals surface area (Å²) in [7, 11) is 0. The highest BCUT2D eigenvalue weighted by Crippen LogP contribution is 2.33. The fourth-order valence-electron chi connectivity index (χ4n) is 1.12. The summed E-state index contributed by atoms with van der Waals surface area (Å²) in [6, 6.07) is 7.32. The molecule has 0 bridgehead atoms. The first-order valence-electron chi connectivity index (χ1n) is 3.84. The lowest BCUT2D eigenvalue weighted by Crippen LogP contribution is -1.84. The SMILES string of the molecule is Nc1sc(Cl)nc1-c1ccc(Cl)cc1. The molecule has 0 atom stereocenters. The van der Waals surface area contributed by atoms with Gasteiger partial charge in [0.1, 0.15) is 10.7 Å². The Kier molecular flexibility index (Phi) is 2.63. The van der Waals surface area contributed by atoms with Crippen molar-refractivity contribution in [1.29, 1.82) is 0 Å². The highest BCUT2D eigenvalue weighted by Gasteiger charge is 2.08. The molecule has 2 aromatic rings. The number of aromatic nitrogens is 1. The maximum Gasteiger partial charge on any atom is 0.186 e. The minimum absolute atomic E-state index is 0.451. The maximum absolute atomic E-state index is 5.77. The molecule has 0 fully saturated rings. The first-order valence-corrected chi connectivity index (χ1v) is 5.42. The summed E-state index contributed by atoms with van der Waals surface area (Å²) in [6.45, 7) is 0. The lowest BCUT2D eigenvalue weighted by Gasteiger charge is -1.97. The van der Waals surface area contributed by atoms with E-state index in [0.717, 1.165) is 11.3 Å². The van der Waals surface area contributed by atoms with Crippen LogP contribution in [0.15, 0.2) is 24.3 Å². The summed E-state index contributed by atoms with van der Waals surface area (Å²) < 4.78 is 0.451. The van der Waals surface area contributed by atoms with Crippen molar-refractivity contribution in [3.63, 3.8) is 0 Å². The number of nitrogens with zero attached hydrogens (tertiary/aromatic N) is 1. The predicted molar refractivity (Wildman–Crippen MR) is 62.0 cm³/mol. The third kappa shape index (κ3) is 1.85. The molecule has 0 aliphatic rings. The van der Waals surface area contributed by atoms with Gasteiger partial charge in [-0.1, -0.05) is 46.7 Å². The quantitative estimate of drug-likeness (QED) is 0.831. The van der Waals surface area contributed by atoms with Gasteiger partial charge in [0.2, 0.25) is 0 Å². The molecule has 0 unspecified atom stereocenters. The van der Waals surface area contributed by atoms with Gasteiger partial charge in [-0.2, -0.15) is 0 Å². The van der Waals surface area contributed by atoms with Crippen LogP contribution < -0.4 is 5.73 Å². The molecule has 1 heterocycles. The van der Waals surface area contributed by atoms with Crippen LogP contribution in [0.2, 0.25) is 9.49 Å². The van der Waals surface area contributed by atoms with Crippen molar-refractivity contribution in [2.24, 2.45) is 0 Å². The molecule has 1 aromatic carbocycles. The van der Waals surface area contributed by atoms with Crippen LogP contribution in [-0.2, 0) is 0 Å². The molecular weight excluding hydrogens is 239 g/mol. The molecule has 1 aromatic heterocycles. The van der Waals surface area contributed by atoms with Crippen LogP contribution in [0.5, 0.6) is 0 Å². The topological polar surface area (TPSA) is 38.9 Å². The van der Waals surface area contributed by atoms with E-state index in [4.69, 9.17) is 28.9 Å². The van der Waals surface area contributed by atoms with Gasteiger partial charge in [-0.15, -0.1) is 0 Å². The number of anilines is 1. The van der Waals surface area contributed by atoms with Crippen LogP contribution in [0.4, 0.5) is 5.00 Å². The summed E-state index contributed by atoms with van der Waals surface area (Å²) in [6.07, 6.45) is 0. The van der Waals surface area contributed by atoms with Gasteiger partial charge in [0.15, 0.2) is 4.47 Å². The van der Waals surface area contributed by atoms with E-state index < -0.39 is 0 Å². The van der Waals surface area contributed by atoms with E-state index in [1.54, 1.807) is 12.1 Å². The molecule has 0 spiro atoms. The zero-order valence-corrected chi connectivity index (χ0v) is 9.33. The summed E-state index contributed by atoms with van der Waals surface area (Å²) in [5, 5.41) is 1.31. The van der Waals surface area contributed by atoms with Gasteiger partial charge in [-0.25, -0.2) is 4.98 Å². The van der Waals surface area contributed by atoms with Crippen LogP contribution >= 0.6 is 34.5 Å². The summed E-state index contributed by atoms with van der Waals surface area (Å²) >= 11 is 12.8. The van der Waals surface area contributed by atoms with Gasteiger partial charge >= 0.3 is 0 Å². The predicted octanol–water partition coefficient (Wildman–Crippen LogP) is 3.70. The Morgan fingerprint density at radius 3 is 2.29 bits per heavy atom. The number of nitrogen functional groups attached to an aromatic ring is 1. The molecule has 0 amide bonds. The molecule has 5 heteroatoms. The number of hydrogen-bond acceptors (Lipinski definition) is 3. The zero-order valence-electron chi connectivity index (χ0n) is 7.00. The summed E-state index contributed by atoms with van der Waals surface area (Å²) in [4.78, 5) is 4.13. The van der Waals surface area contributed by atoms with Crippen molar-refractivity contribution in [2.75, 3.05) is 5.73 Å². The van der Waals surface area contributed by atoms with E-state index in [1.807, 2.05) is 12.1 Å². The van der Waals surface area contributed by atoms with E-state index in [2.05, 4.69) is 4.98 Å². The third-order valence-electron chi connectivity index (χ3n) is 1.74. The second kappa shape index (κ2) is 3.77. The van der Waals surface area contributed by atoms with E-state index >= 15 is 0 Å². The third-order valence-corrected chi connectivity index (χ3v) is 2.99. The second-order valence-corrected chi connectivity index (χ2v) is 4.74. The van der Waals surface area contributed by atoms with Crippen molar-refractivity contribution in [1.82, 2.24) is 4.98 Å². The van der Waals surface area contributed by atoms with Gasteiger partial charge in [-0.05, 0) is 12.1 Å². The molecule has 72 valence electrons. The van der Waals surface area contributed by atoms with Crippen molar-refractivity contribution in [2.45, 2.75) is 0 Å². The van der Waals surface area contributed by atoms with E-state index in [1.165, 1.54) is 11.3 Å². The average molecular weight is 245 g/mol. The highest BCUT2D eigenvalue weighted by atomic mass is 35.5. The maximum atomic E-state index is 5.77. The Hall–Kier alpha value is -0.770. The molecule has 2 N–H and O–H groups in total. The number of thiazole rings is 1. The van der Waals surface area contributed by atoms with E-state index in [9.17, 15) is 0 Å². The number of benzene rings is 1. The van der Waals surface area contributed by atoms with Gasteiger partial charge in [-0.3, -0.25) is 0 Å². The van der Waals surface area contributed by atoms with Crippen LogP contribution in [0.1, 0.15) is 0 Å². The summed E-state index contributed by atoms with van der Waals surface area (Å²) in [5.74, 6) is 0. The number of nitrogens with two attached hydrogens (primary N) is 1. The largest absolute Gasteiger partial charge is 0.389 e. The lowest BCUT2D eigenvalue weighted by atomic mass is 10.2. The summed E-state index contributed by atoms with van der Waals surface area (Å²) in [5.41, 5.74) is 7.40. The molecule has 0 aliphatic carbocycles. The normalized spacial score (nSPS) is 10.4. The van der Waals surface area contributed by atoms with Gasteiger partial charge in [0.05, 0.1) is 0 Å². The molecule has 2 nitrogen and oxygen atoms in total. The standard InChI is InChI=1S/C9H6Cl2N2S/c10-6-3-1-5(2-4-6)7-8(12)14-9(11)13-7/h1-4H,12H2. The Labute approximate surface area is 95.3 Å². The highest BCUT2D eigenvalue weighted by molar-refractivity contribution is 7.19. The minimum Gasteiger partial charge on any atom is -0.389 e. The lowest BCUT2D eigenvalue weighted by molar-refractivity contribution is 1.41. The van der Waals surface area contributed by atoms with Crippen molar-refractivity contribution >= 4 is 39.5 Å². The fourth-order valence-corrected chi connectivity index (χ4v) is 2.16. The molecule has 0 radical (unpaired) electrons. The molecule has 0 saturated heterocycles. The zero-order chi connectivity index (χ0) is 10.1.